The van der Waals surface area contributed by atoms with E-state index < -0.39 is 8.32 Å². The molecule has 0 aliphatic carbocycles. The molecule has 0 radical (unpaired) electrons. The summed E-state index contributed by atoms with van der Waals surface area (Å²) in [5.74, 6) is 0.884. The van der Waals surface area contributed by atoms with Gasteiger partial charge in [-0.15, -0.1) is 0 Å². The van der Waals surface area contributed by atoms with Gasteiger partial charge in [0.1, 0.15) is 12.4 Å². The predicted octanol–water partition coefficient (Wildman–Crippen LogP) is 2.93. The summed E-state index contributed by atoms with van der Waals surface area (Å²) >= 11 is 0. The van der Waals surface area contributed by atoms with Crippen molar-refractivity contribution >= 4 is 8.32 Å². The van der Waals surface area contributed by atoms with Crippen LogP contribution in [0.2, 0.25) is 19.6 Å². The van der Waals surface area contributed by atoms with Crippen molar-refractivity contribution in [3.63, 3.8) is 0 Å². The molecule has 96 valence electrons. The highest BCUT2D eigenvalue weighted by Gasteiger charge is 2.12. The van der Waals surface area contributed by atoms with Gasteiger partial charge >= 0.3 is 0 Å². The zero-order chi connectivity index (χ0) is 12.6. The van der Waals surface area contributed by atoms with Crippen LogP contribution in [0.15, 0.2) is 30.3 Å². The highest BCUT2D eigenvalue weighted by Crippen LogP contribution is 2.07. The minimum absolute atomic E-state index is 0.580. The van der Waals surface area contributed by atoms with Crippen molar-refractivity contribution in [3.8, 4) is 5.75 Å². The fraction of sp³-hybridized carbons (Fsp3) is 0.538. The van der Waals surface area contributed by atoms with Crippen molar-refractivity contribution in [3.05, 3.63) is 30.3 Å². The van der Waals surface area contributed by atoms with E-state index in [0.717, 1.165) is 5.75 Å². The van der Waals surface area contributed by atoms with Crippen molar-refractivity contribution in [2.45, 2.75) is 19.6 Å². The standard InChI is InChI=1S/C13H22O3Si/c1-17(2,3)16-12-10-14-9-11-15-13-7-5-4-6-8-13/h4-8H,9-12H2,1-3H3. The summed E-state index contributed by atoms with van der Waals surface area (Å²) in [6.07, 6.45) is 0. The molecule has 1 aromatic carbocycles. The number of hydrogen-bond donors (Lipinski definition) is 0. The van der Waals surface area contributed by atoms with Gasteiger partial charge in [-0.1, -0.05) is 18.2 Å². The molecule has 1 rings (SSSR count). The van der Waals surface area contributed by atoms with Gasteiger partial charge in [-0.2, -0.15) is 0 Å². The third kappa shape index (κ3) is 7.96. The van der Waals surface area contributed by atoms with Crippen LogP contribution in [0.4, 0.5) is 0 Å². The number of ether oxygens (including phenoxy) is 2. The van der Waals surface area contributed by atoms with Gasteiger partial charge in [-0.25, -0.2) is 0 Å². The number of rotatable bonds is 8. The van der Waals surface area contributed by atoms with Gasteiger partial charge in [0.15, 0.2) is 8.32 Å². The highest BCUT2D eigenvalue weighted by atomic mass is 28.4. The quantitative estimate of drug-likeness (QED) is 0.527. The monoisotopic (exact) mass is 254 g/mol. The van der Waals surface area contributed by atoms with Crippen molar-refractivity contribution < 1.29 is 13.9 Å². The summed E-state index contributed by atoms with van der Waals surface area (Å²) in [6, 6.07) is 9.76. The van der Waals surface area contributed by atoms with Gasteiger partial charge < -0.3 is 13.9 Å². The molecular weight excluding hydrogens is 232 g/mol. The van der Waals surface area contributed by atoms with Crippen molar-refractivity contribution in [2.24, 2.45) is 0 Å². The summed E-state index contributed by atoms with van der Waals surface area (Å²) < 4.78 is 16.6. The first-order valence-electron chi connectivity index (χ1n) is 5.97. The second kappa shape index (κ2) is 7.48. The van der Waals surface area contributed by atoms with Crippen LogP contribution in [-0.2, 0) is 9.16 Å². The van der Waals surface area contributed by atoms with Gasteiger partial charge in [-0.3, -0.25) is 0 Å². The lowest BCUT2D eigenvalue weighted by Crippen LogP contribution is -2.27. The predicted molar refractivity (Wildman–Crippen MR) is 72.1 cm³/mol. The minimum atomic E-state index is -1.39. The Morgan fingerprint density at radius 1 is 0.882 bits per heavy atom. The zero-order valence-corrected chi connectivity index (χ0v) is 11.9. The van der Waals surface area contributed by atoms with Gasteiger partial charge in [-0.05, 0) is 31.8 Å². The van der Waals surface area contributed by atoms with E-state index >= 15 is 0 Å². The van der Waals surface area contributed by atoms with Crippen LogP contribution in [0.1, 0.15) is 0 Å². The molecule has 0 aromatic heterocycles. The normalized spacial score (nSPS) is 11.5. The topological polar surface area (TPSA) is 27.7 Å². The molecule has 3 nitrogen and oxygen atoms in total. The Morgan fingerprint density at radius 3 is 2.18 bits per heavy atom. The Labute approximate surface area is 105 Å². The van der Waals surface area contributed by atoms with Crippen LogP contribution in [0.25, 0.3) is 0 Å². The van der Waals surface area contributed by atoms with Crippen LogP contribution < -0.4 is 4.74 Å². The summed E-state index contributed by atoms with van der Waals surface area (Å²) in [6.45, 7) is 9.02. The maximum atomic E-state index is 5.67. The second-order valence-electron chi connectivity index (χ2n) is 4.73. The average Bonchev–Trinajstić information content (AvgIpc) is 2.28. The first kappa shape index (κ1) is 14.2. The molecule has 0 heterocycles. The number of benzene rings is 1. The van der Waals surface area contributed by atoms with E-state index in [1.165, 1.54) is 0 Å². The molecule has 0 N–H and O–H groups in total. The van der Waals surface area contributed by atoms with E-state index in [9.17, 15) is 0 Å². The summed E-state index contributed by atoms with van der Waals surface area (Å²) in [4.78, 5) is 0. The molecular formula is C13H22O3Si. The number of hydrogen-bond acceptors (Lipinski definition) is 3. The Balaban J connectivity index is 1.95. The lowest BCUT2D eigenvalue weighted by Gasteiger charge is -2.16. The first-order chi connectivity index (χ1) is 8.08. The van der Waals surface area contributed by atoms with Gasteiger partial charge in [0, 0.05) is 0 Å². The van der Waals surface area contributed by atoms with Crippen molar-refractivity contribution in [1.29, 1.82) is 0 Å². The minimum Gasteiger partial charge on any atom is -0.491 e. The fourth-order valence-electron chi connectivity index (χ4n) is 1.24. The van der Waals surface area contributed by atoms with Crippen LogP contribution in [0.3, 0.4) is 0 Å². The van der Waals surface area contributed by atoms with E-state index in [1.807, 2.05) is 30.3 Å². The molecule has 0 saturated carbocycles. The largest absolute Gasteiger partial charge is 0.491 e. The molecule has 17 heavy (non-hydrogen) atoms. The molecule has 0 amide bonds. The molecule has 1 aromatic rings. The van der Waals surface area contributed by atoms with Crippen LogP contribution in [0, 0.1) is 0 Å². The smallest absolute Gasteiger partial charge is 0.183 e. The third-order valence-corrected chi connectivity index (χ3v) is 3.07. The molecule has 0 spiro atoms. The van der Waals surface area contributed by atoms with Crippen LogP contribution in [-0.4, -0.2) is 34.7 Å². The van der Waals surface area contributed by atoms with Crippen LogP contribution >= 0.6 is 0 Å². The van der Waals surface area contributed by atoms with Crippen LogP contribution in [0.5, 0.6) is 5.75 Å². The fourth-order valence-corrected chi connectivity index (χ4v) is 1.94. The maximum absolute atomic E-state index is 5.67. The van der Waals surface area contributed by atoms with Crippen molar-refractivity contribution in [1.82, 2.24) is 0 Å². The average molecular weight is 254 g/mol. The van der Waals surface area contributed by atoms with E-state index in [4.69, 9.17) is 13.9 Å². The Morgan fingerprint density at radius 2 is 1.53 bits per heavy atom. The van der Waals surface area contributed by atoms with E-state index in [-0.39, 0.29) is 0 Å². The third-order valence-electron chi connectivity index (χ3n) is 2.00. The lowest BCUT2D eigenvalue weighted by atomic mass is 10.3. The summed E-state index contributed by atoms with van der Waals surface area (Å²) in [7, 11) is -1.39. The molecule has 0 aliphatic heterocycles. The van der Waals surface area contributed by atoms with Gasteiger partial charge in [0.25, 0.3) is 0 Å². The van der Waals surface area contributed by atoms with E-state index in [0.29, 0.717) is 26.4 Å². The molecule has 0 fully saturated rings. The van der Waals surface area contributed by atoms with Gasteiger partial charge in [0.2, 0.25) is 0 Å². The van der Waals surface area contributed by atoms with E-state index in [2.05, 4.69) is 19.6 Å². The Kier molecular flexibility index (Phi) is 6.25. The molecule has 0 unspecified atom stereocenters. The summed E-state index contributed by atoms with van der Waals surface area (Å²) in [5, 5.41) is 0. The highest BCUT2D eigenvalue weighted by molar-refractivity contribution is 6.69. The van der Waals surface area contributed by atoms with E-state index in [1.54, 1.807) is 0 Å². The first-order valence-corrected chi connectivity index (χ1v) is 9.38. The Bertz CT molecular complexity index is 295. The molecule has 4 heteroatoms. The molecule has 0 bridgehead atoms. The summed E-state index contributed by atoms with van der Waals surface area (Å²) in [5.41, 5.74) is 0. The van der Waals surface area contributed by atoms with Crippen molar-refractivity contribution in [2.75, 3.05) is 26.4 Å². The Hall–Kier alpha value is -0.843. The molecule has 0 aliphatic rings. The van der Waals surface area contributed by atoms with Gasteiger partial charge in [0.05, 0.1) is 19.8 Å². The molecule has 0 atom stereocenters. The SMILES string of the molecule is C[Si](C)(C)OCCOCCOc1ccccc1. The second-order valence-corrected chi connectivity index (χ2v) is 9.25. The number of para-hydroxylation sites is 1. The maximum Gasteiger partial charge on any atom is 0.183 e. The molecule has 0 saturated heterocycles. The zero-order valence-electron chi connectivity index (χ0n) is 10.9. The lowest BCUT2D eigenvalue weighted by molar-refractivity contribution is 0.0748.